The first-order chi connectivity index (χ1) is 22.6. The lowest BCUT2D eigenvalue weighted by Gasteiger charge is -2.10. The molecule has 0 atom stereocenters. The SMILES string of the molecule is CCOC(=O)c1cc2c(NCc3ccc(Cl)cc3Cl)nc(SC)nc2s1.CSc1nc(NCc2ccc(Cl)cc2Cl)c(C=O)c(=O)[nH]1. The summed E-state index contributed by atoms with van der Waals surface area (Å²) < 4.78 is 5.08. The Bertz CT molecular complexity index is 1970. The number of ether oxygens (including phenoxy) is 1. The van der Waals surface area contributed by atoms with Crippen LogP contribution in [0.5, 0.6) is 0 Å². The number of benzene rings is 2. The highest BCUT2D eigenvalue weighted by atomic mass is 35.5. The van der Waals surface area contributed by atoms with Gasteiger partial charge >= 0.3 is 5.97 Å². The van der Waals surface area contributed by atoms with Gasteiger partial charge in [-0.1, -0.05) is 82.1 Å². The summed E-state index contributed by atoms with van der Waals surface area (Å²) in [6.45, 7) is 2.90. The van der Waals surface area contributed by atoms with E-state index in [-0.39, 0.29) is 17.4 Å². The van der Waals surface area contributed by atoms with Crippen LogP contribution in [0.1, 0.15) is 38.1 Å². The van der Waals surface area contributed by atoms with Crippen molar-refractivity contribution in [2.45, 2.75) is 30.3 Å². The summed E-state index contributed by atoms with van der Waals surface area (Å²) in [7, 11) is 0. The number of esters is 1. The number of aromatic amines is 1. The van der Waals surface area contributed by atoms with Crippen LogP contribution < -0.4 is 16.2 Å². The van der Waals surface area contributed by atoms with Crippen molar-refractivity contribution in [3.05, 3.63) is 94.5 Å². The first kappa shape index (κ1) is 36.8. The Hall–Kier alpha value is -3.04. The smallest absolute Gasteiger partial charge is 0.348 e. The Morgan fingerprint density at radius 2 is 1.53 bits per heavy atom. The van der Waals surface area contributed by atoms with Gasteiger partial charge in [0.05, 0.1) is 12.0 Å². The number of thiophene rings is 1. The molecule has 0 unspecified atom stereocenters. The fourth-order valence-corrected chi connectivity index (χ4v) is 6.60. The van der Waals surface area contributed by atoms with Crippen LogP contribution in [0, 0.1) is 0 Å². The molecule has 0 saturated carbocycles. The Balaban J connectivity index is 0.000000218. The van der Waals surface area contributed by atoms with Gasteiger partial charge in [0.1, 0.15) is 26.9 Å². The summed E-state index contributed by atoms with van der Waals surface area (Å²) in [5.41, 5.74) is 1.16. The van der Waals surface area contributed by atoms with Crippen molar-refractivity contribution in [2.75, 3.05) is 29.8 Å². The average molecular weight is 773 g/mol. The molecule has 3 heterocycles. The van der Waals surface area contributed by atoms with E-state index in [1.54, 1.807) is 49.6 Å². The van der Waals surface area contributed by atoms with Gasteiger partial charge in [0.2, 0.25) is 0 Å². The van der Waals surface area contributed by atoms with Crippen molar-refractivity contribution >= 4 is 115 Å². The molecule has 47 heavy (non-hydrogen) atoms. The zero-order valence-electron chi connectivity index (χ0n) is 25.0. The van der Waals surface area contributed by atoms with Gasteiger partial charge in [-0.2, -0.15) is 0 Å². The molecule has 246 valence electrons. The number of H-pyrrole nitrogens is 1. The largest absolute Gasteiger partial charge is 0.462 e. The Morgan fingerprint density at radius 3 is 2.06 bits per heavy atom. The number of aldehydes is 1. The monoisotopic (exact) mass is 770 g/mol. The van der Waals surface area contributed by atoms with Gasteiger partial charge in [0, 0.05) is 33.2 Å². The summed E-state index contributed by atoms with van der Waals surface area (Å²) >= 11 is 28.1. The van der Waals surface area contributed by atoms with Crippen molar-refractivity contribution in [1.82, 2.24) is 19.9 Å². The molecule has 0 amide bonds. The maximum absolute atomic E-state index is 12.0. The number of anilines is 2. The van der Waals surface area contributed by atoms with Crippen LogP contribution >= 0.6 is 81.3 Å². The Morgan fingerprint density at radius 1 is 0.915 bits per heavy atom. The maximum atomic E-state index is 12.0. The van der Waals surface area contributed by atoms with E-state index in [0.29, 0.717) is 67.1 Å². The van der Waals surface area contributed by atoms with Crippen LogP contribution in [0.25, 0.3) is 10.2 Å². The number of carbonyl (C=O) groups is 2. The van der Waals surface area contributed by atoms with Crippen LogP contribution in [0.4, 0.5) is 11.6 Å². The van der Waals surface area contributed by atoms with E-state index in [9.17, 15) is 14.4 Å². The van der Waals surface area contributed by atoms with Crippen LogP contribution in [-0.4, -0.2) is 51.3 Å². The maximum Gasteiger partial charge on any atom is 0.348 e. The normalized spacial score (nSPS) is 10.7. The quantitative estimate of drug-likeness (QED) is 0.0514. The van der Waals surface area contributed by atoms with E-state index < -0.39 is 5.56 Å². The van der Waals surface area contributed by atoms with Crippen molar-refractivity contribution in [1.29, 1.82) is 0 Å². The summed E-state index contributed by atoms with van der Waals surface area (Å²) in [5, 5.41) is 10.3. The van der Waals surface area contributed by atoms with E-state index in [2.05, 4.69) is 30.6 Å². The number of thioether (sulfide) groups is 2. The highest BCUT2D eigenvalue weighted by Crippen LogP contribution is 2.32. The highest BCUT2D eigenvalue weighted by molar-refractivity contribution is 7.98. The predicted octanol–water partition coefficient (Wildman–Crippen LogP) is 8.73. The number of rotatable bonds is 11. The average Bonchev–Trinajstić information content (AvgIpc) is 3.49. The third-order valence-electron chi connectivity index (χ3n) is 6.20. The van der Waals surface area contributed by atoms with E-state index in [1.165, 1.54) is 34.9 Å². The van der Waals surface area contributed by atoms with Gasteiger partial charge in [-0.15, -0.1) is 11.3 Å². The summed E-state index contributed by atoms with van der Waals surface area (Å²) in [4.78, 5) is 51.7. The third-order valence-corrected chi connectivity index (χ3v) is 9.51. The molecule has 10 nitrogen and oxygen atoms in total. The molecular weight excluding hydrogens is 746 g/mol. The van der Waals surface area contributed by atoms with Gasteiger partial charge in [-0.3, -0.25) is 9.59 Å². The Labute approximate surface area is 302 Å². The van der Waals surface area contributed by atoms with E-state index >= 15 is 0 Å². The molecule has 0 saturated heterocycles. The Kier molecular flexibility index (Phi) is 13.6. The van der Waals surface area contributed by atoms with Crippen molar-refractivity contribution in [3.63, 3.8) is 0 Å². The molecule has 5 aromatic rings. The summed E-state index contributed by atoms with van der Waals surface area (Å²) in [6.07, 6.45) is 4.15. The minimum absolute atomic E-state index is 0.0436. The number of carbonyl (C=O) groups excluding carboxylic acids is 2. The number of nitrogens with zero attached hydrogens (tertiary/aromatic N) is 3. The number of nitrogens with one attached hydrogen (secondary N) is 3. The second kappa shape index (κ2) is 17.4. The highest BCUT2D eigenvalue weighted by Gasteiger charge is 2.17. The standard InChI is InChI=1S/C17H15Cl2N3O2S2.C13H11Cl2N3O2S/c1-3-24-16(23)13-7-11-14(21-17(25-2)22-15(11)26-13)20-8-9-4-5-10(18)6-12(9)19;1-21-13-17-11(9(6-19)12(20)18-13)16-5-7-2-3-8(14)4-10(7)15/h4-7H,3,8H2,1-2H3,(H,20,21,22);2-4,6H,5H2,1H3,(H2,16,17,18,20). The second-order valence-corrected chi connectivity index (χ2v) is 13.5. The molecule has 0 fully saturated rings. The zero-order chi connectivity index (χ0) is 34.1. The van der Waals surface area contributed by atoms with E-state index in [1.807, 2.05) is 12.3 Å². The van der Waals surface area contributed by atoms with E-state index in [4.69, 9.17) is 51.1 Å². The van der Waals surface area contributed by atoms with Gasteiger partial charge < -0.3 is 20.4 Å². The molecule has 0 aliphatic rings. The number of fused-ring (bicyclic) bond motifs is 1. The molecule has 0 spiro atoms. The van der Waals surface area contributed by atoms with Crippen LogP contribution in [0.3, 0.4) is 0 Å². The molecule has 2 aromatic carbocycles. The molecule has 0 radical (unpaired) electrons. The first-order valence-electron chi connectivity index (χ1n) is 13.6. The molecule has 0 bridgehead atoms. The molecule has 17 heteroatoms. The van der Waals surface area contributed by atoms with Gasteiger partial charge in [0.25, 0.3) is 5.56 Å². The van der Waals surface area contributed by atoms with Crippen molar-refractivity contribution in [2.24, 2.45) is 0 Å². The fraction of sp³-hybridized carbons (Fsp3) is 0.200. The molecule has 0 aliphatic heterocycles. The fourth-order valence-electron chi connectivity index (χ4n) is 3.92. The lowest BCUT2D eigenvalue weighted by Crippen LogP contribution is -2.18. The van der Waals surface area contributed by atoms with Gasteiger partial charge in [-0.25, -0.2) is 19.7 Å². The lowest BCUT2D eigenvalue weighted by atomic mass is 10.2. The second-order valence-electron chi connectivity index (χ2n) is 9.24. The topological polar surface area (TPSA) is 139 Å². The van der Waals surface area contributed by atoms with Gasteiger partial charge in [0.15, 0.2) is 16.6 Å². The number of hydrogen-bond acceptors (Lipinski definition) is 12. The summed E-state index contributed by atoms with van der Waals surface area (Å²) in [6, 6.07) is 12.2. The van der Waals surface area contributed by atoms with E-state index in [0.717, 1.165) is 21.3 Å². The minimum Gasteiger partial charge on any atom is -0.462 e. The molecule has 0 aliphatic carbocycles. The lowest BCUT2D eigenvalue weighted by molar-refractivity contribution is 0.0532. The first-order valence-corrected chi connectivity index (χ1v) is 18.4. The molecule has 3 N–H and O–H groups in total. The molecule has 3 aromatic heterocycles. The minimum atomic E-state index is -0.478. The molecule has 5 rings (SSSR count). The third kappa shape index (κ3) is 9.75. The van der Waals surface area contributed by atoms with Gasteiger partial charge in [-0.05, 0) is 60.9 Å². The van der Waals surface area contributed by atoms with Crippen LogP contribution in [-0.2, 0) is 17.8 Å². The zero-order valence-corrected chi connectivity index (χ0v) is 30.4. The van der Waals surface area contributed by atoms with Crippen LogP contribution in [0.15, 0.2) is 57.6 Å². The number of aromatic nitrogens is 4. The van der Waals surface area contributed by atoms with Crippen molar-refractivity contribution in [3.8, 4) is 0 Å². The van der Waals surface area contributed by atoms with Crippen molar-refractivity contribution < 1.29 is 14.3 Å². The number of halogens is 4. The summed E-state index contributed by atoms with van der Waals surface area (Å²) in [5.74, 6) is 0.522. The molecular formula is C30H26Cl4N6O4S3. The van der Waals surface area contributed by atoms with Crippen LogP contribution in [0.2, 0.25) is 20.1 Å². The number of hydrogen-bond donors (Lipinski definition) is 3. The predicted molar refractivity (Wildman–Crippen MR) is 195 cm³/mol.